The topological polar surface area (TPSA) is 29.1 Å². The fourth-order valence-electron chi connectivity index (χ4n) is 2.90. The highest BCUT2D eigenvalue weighted by Crippen LogP contribution is 2.27. The van der Waals surface area contributed by atoms with Crippen LogP contribution in [0.3, 0.4) is 0 Å². The number of carbonyl (C=O) groups is 1. The molecular formula is C21H27NO. The fourth-order valence-corrected chi connectivity index (χ4v) is 2.90. The van der Waals surface area contributed by atoms with Gasteiger partial charge in [0, 0.05) is 6.54 Å². The van der Waals surface area contributed by atoms with Crippen LogP contribution in [0.15, 0.2) is 60.7 Å². The van der Waals surface area contributed by atoms with Crippen molar-refractivity contribution in [3.63, 3.8) is 0 Å². The minimum absolute atomic E-state index is 0.0795. The Balaban J connectivity index is 2.04. The molecular weight excluding hydrogens is 282 g/mol. The molecule has 1 N–H and O–H groups in total. The van der Waals surface area contributed by atoms with Gasteiger partial charge in [-0.2, -0.15) is 0 Å². The van der Waals surface area contributed by atoms with E-state index in [1.54, 1.807) is 0 Å². The van der Waals surface area contributed by atoms with E-state index >= 15 is 0 Å². The third-order valence-corrected chi connectivity index (χ3v) is 4.61. The van der Waals surface area contributed by atoms with Crippen LogP contribution in [0.4, 0.5) is 0 Å². The lowest BCUT2D eigenvalue weighted by Crippen LogP contribution is -2.34. The molecule has 0 fully saturated rings. The predicted octanol–water partition coefficient (Wildman–Crippen LogP) is 4.74. The molecule has 0 spiro atoms. The fraction of sp³-hybridized carbons (Fsp3) is 0.381. The third kappa shape index (κ3) is 4.69. The van der Waals surface area contributed by atoms with Crippen molar-refractivity contribution >= 4 is 5.91 Å². The largest absolute Gasteiger partial charge is 0.355 e. The quantitative estimate of drug-likeness (QED) is 0.786. The van der Waals surface area contributed by atoms with Crippen molar-refractivity contribution in [2.45, 2.75) is 39.0 Å². The summed E-state index contributed by atoms with van der Waals surface area (Å²) >= 11 is 0. The van der Waals surface area contributed by atoms with Crippen LogP contribution >= 0.6 is 0 Å². The smallest absolute Gasteiger partial charge is 0.227 e. The highest BCUT2D eigenvalue weighted by molar-refractivity contribution is 5.84. The van der Waals surface area contributed by atoms with Gasteiger partial charge in [0.15, 0.2) is 0 Å². The Morgan fingerprint density at radius 1 is 0.913 bits per heavy atom. The summed E-state index contributed by atoms with van der Waals surface area (Å²) in [5.74, 6) is 0.690. The average molecular weight is 309 g/mol. The van der Waals surface area contributed by atoms with Gasteiger partial charge >= 0.3 is 0 Å². The first-order valence-corrected chi connectivity index (χ1v) is 8.51. The summed E-state index contributed by atoms with van der Waals surface area (Å²) in [7, 11) is 0. The molecule has 0 saturated carbocycles. The Labute approximate surface area is 139 Å². The summed E-state index contributed by atoms with van der Waals surface area (Å²) in [5, 5.41) is 3.16. The first-order valence-electron chi connectivity index (χ1n) is 8.51. The van der Waals surface area contributed by atoms with Gasteiger partial charge in [0.05, 0.1) is 5.92 Å². The molecule has 2 aromatic carbocycles. The van der Waals surface area contributed by atoms with Gasteiger partial charge in [-0.1, -0.05) is 87.9 Å². The maximum absolute atomic E-state index is 12.8. The second kappa shape index (κ2) is 8.52. The zero-order chi connectivity index (χ0) is 16.7. The molecule has 0 saturated heterocycles. The van der Waals surface area contributed by atoms with E-state index < -0.39 is 0 Å². The van der Waals surface area contributed by atoms with Crippen molar-refractivity contribution in [2.24, 2.45) is 5.92 Å². The molecule has 2 nitrogen and oxygen atoms in total. The van der Waals surface area contributed by atoms with Gasteiger partial charge in [-0.3, -0.25) is 4.79 Å². The minimum atomic E-state index is -0.0795. The summed E-state index contributed by atoms with van der Waals surface area (Å²) in [6, 6.07) is 20.4. The molecule has 23 heavy (non-hydrogen) atoms. The first-order chi connectivity index (χ1) is 11.1. The summed E-state index contributed by atoms with van der Waals surface area (Å²) in [6.07, 6.45) is 0.987. The van der Waals surface area contributed by atoms with Gasteiger partial charge in [-0.05, 0) is 23.0 Å². The van der Waals surface area contributed by atoms with Crippen LogP contribution in [0.5, 0.6) is 0 Å². The standard InChI is InChI=1S/C21H27NO/c1-4-16(2)20(19-13-9-6-10-14-19)21(23)22-15-17(3)18-11-7-5-8-12-18/h5-14,16-17,20H,4,15H2,1-3H3,(H,22,23). The summed E-state index contributed by atoms with van der Waals surface area (Å²) in [5.41, 5.74) is 2.36. The van der Waals surface area contributed by atoms with E-state index in [0.717, 1.165) is 12.0 Å². The Morgan fingerprint density at radius 3 is 1.96 bits per heavy atom. The zero-order valence-corrected chi connectivity index (χ0v) is 14.3. The molecule has 2 aromatic rings. The Bertz CT molecular complexity index is 594. The number of nitrogens with one attached hydrogen (secondary N) is 1. The van der Waals surface area contributed by atoms with Gasteiger partial charge in [-0.15, -0.1) is 0 Å². The Morgan fingerprint density at radius 2 is 1.43 bits per heavy atom. The molecule has 0 aliphatic rings. The Kier molecular flexibility index (Phi) is 6.40. The molecule has 3 atom stereocenters. The summed E-state index contributed by atoms with van der Waals surface area (Å²) < 4.78 is 0. The number of benzene rings is 2. The number of hydrogen-bond acceptors (Lipinski definition) is 1. The molecule has 0 aromatic heterocycles. The van der Waals surface area contributed by atoms with E-state index in [4.69, 9.17) is 0 Å². The molecule has 0 aliphatic carbocycles. The van der Waals surface area contributed by atoms with E-state index in [-0.39, 0.29) is 11.8 Å². The lowest BCUT2D eigenvalue weighted by Gasteiger charge is -2.24. The van der Waals surface area contributed by atoms with Gasteiger partial charge in [0.2, 0.25) is 5.91 Å². The van der Waals surface area contributed by atoms with Gasteiger partial charge in [0.25, 0.3) is 0 Å². The van der Waals surface area contributed by atoms with Gasteiger partial charge in [-0.25, -0.2) is 0 Å². The van der Waals surface area contributed by atoms with Crippen LogP contribution < -0.4 is 5.32 Å². The maximum Gasteiger partial charge on any atom is 0.227 e. The van der Waals surface area contributed by atoms with Crippen molar-refractivity contribution in [3.05, 3.63) is 71.8 Å². The normalized spacial score (nSPS) is 14.7. The molecule has 2 heteroatoms. The van der Waals surface area contributed by atoms with Crippen molar-refractivity contribution in [1.82, 2.24) is 5.32 Å². The lowest BCUT2D eigenvalue weighted by atomic mass is 9.84. The van der Waals surface area contributed by atoms with Crippen molar-refractivity contribution in [3.8, 4) is 0 Å². The third-order valence-electron chi connectivity index (χ3n) is 4.61. The highest BCUT2D eigenvalue weighted by atomic mass is 16.1. The Hall–Kier alpha value is -2.09. The predicted molar refractivity (Wildman–Crippen MR) is 96.5 cm³/mol. The second-order valence-electron chi connectivity index (χ2n) is 6.33. The minimum Gasteiger partial charge on any atom is -0.355 e. The van der Waals surface area contributed by atoms with Crippen molar-refractivity contribution in [2.75, 3.05) is 6.54 Å². The van der Waals surface area contributed by atoms with E-state index in [2.05, 4.69) is 50.4 Å². The maximum atomic E-state index is 12.8. The molecule has 122 valence electrons. The van der Waals surface area contributed by atoms with Gasteiger partial charge in [0.1, 0.15) is 0 Å². The van der Waals surface area contributed by atoms with Crippen LogP contribution in [0, 0.1) is 5.92 Å². The molecule has 2 rings (SSSR count). The SMILES string of the molecule is CCC(C)C(C(=O)NCC(C)c1ccccc1)c1ccccc1. The number of amides is 1. The second-order valence-corrected chi connectivity index (χ2v) is 6.33. The molecule has 0 bridgehead atoms. The molecule has 0 aliphatic heterocycles. The van der Waals surface area contributed by atoms with E-state index in [1.807, 2.05) is 36.4 Å². The molecule has 0 heterocycles. The van der Waals surface area contributed by atoms with Gasteiger partial charge < -0.3 is 5.32 Å². The average Bonchev–Trinajstić information content (AvgIpc) is 2.61. The lowest BCUT2D eigenvalue weighted by molar-refractivity contribution is -0.123. The summed E-state index contributed by atoms with van der Waals surface area (Å²) in [4.78, 5) is 12.8. The van der Waals surface area contributed by atoms with Crippen LogP contribution in [0.2, 0.25) is 0 Å². The zero-order valence-electron chi connectivity index (χ0n) is 14.3. The highest BCUT2D eigenvalue weighted by Gasteiger charge is 2.25. The van der Waals surface area contributed by atoms with E-state index in [1.165, 1.54) is 5.56 Å². The molecule has 1 amide bonds. The van der Waals surface area contributed by atoms with Crippen LogP contribution in [-0.2, 0) is 4.79 Å². The first kappa shape index (κ1) is 17.3. The van der Waals surface area contributed by atoms with Crippen LogP contribution in [0.1, 0.15) is 50.2 Å². The number of carbonyl (C=O) groups excluding carboxylic acids is 1. The van der Waals surface area contributed by atoms with Crippen LogP contribution in [0.25, 0.3) is 0 Å². The van der Waals surface area contributed by atoms with Crippen molar-refractivity contribution < 1.29 is 4.79 Å². The van der Waals surface area contributed by atoms with E-state index in [9.17, 15) is 4.79 Å². The molecule has 0 radical (unpaired) electrons. The van der Waals surface area contributed by atoms with Crippen LogP contribution in [-0.4, -0.2) is 12.5 Å². The number of rotatable bonds is 7. The van der Waals surface area contributed by atoms with E-state index in [0.29, 0.717) is 18.4 Å². The summed E-state index contributed by atoms with van der Waals surface area (Å²) in [6.45, 7) is 7.11. The molecule has 3 unspecified atom stereocenters. The van der Waals surface area contributed by atoms with Crippen molar-refractivity contribution in [1.29, 1.82) is 0 Å². The number of hydrogen-bond donors (Lipinski definition) is 1. The monoisotopic (exact) mass is 309 g/mol.